The van der Waals surface area contributed by atoms with Gasteiger partial charge in [-0.25, -0.2) is 4.39 Å². The van der Waals surface area contributed by atoms with Crippen LogP contribution in [0, 0.1) is 5.82 Å². The quantitative estimate of drug-likeness (QED) is 0.885. The molecule has 0 aliphatic carbocycles. The summed E-state index contributed by atoms with van der Waals surface area (Å²) in [7, 11) is 3.30. The number of halogens is 2. The fraction of sp³-hybridized carbons (Fsp3) is 0.364. The molecule has 1 N–H and O–H groups in total. The van der Waals surface area contributed by atoms with Gasteiger partial charge in [0, 0.05) is 19.1 Å². The van der Waals surface area contributed by atoms with Gasteiger partial charge in [-0.15, -0.1) is 0 Å². The maximum Gasteiger partial charge on any atom is 0.244 e. The van der Waals surface area contributed by atoms with Crippen LogP contribution in [0.25, 0.3) is 0 Å². The molecule has 0 spiro atoms. The van der Waals surface area contributed by atoms with Gasteiger partial charge >= 0.3 is 0 Å². The highest BCUT2D eigenvalue weighted by molar-refractivity contribution is 6.30. The van der Waals surface area contributed by atoms with E-state index in [0.717, 1.165) is 0 Å². The van der Waals surface area contributed by atoms with Crippen molar-refractivity contribution in [2.75, 3.05) is 19.4 Å². The minimum absolute atomic E-state index is 0.116. The van der Waals surface area contributed by atoms with Gasteiger partial charge in [0.25, 0.3) is 0 Å². The Kier molecular flexibility index (Phi) is 4.12. The van der Waals surface area contributed by atoms with Crippen molar-refractivity contribution in [3.05, 3.63) is 29.0 Å². The van der Waals surface area contributed by atoms with Crippen molar-refractivity contribution < 1.29 is 9.18 Å². The minimum Gasteiger partial charge on any atom is -0.372 e. The summed E-state index contributed by atoms with van der Waals surface area (Å²) < 4.78 is 13.4. The molecule has 0 aromatic heterocycles. The SMILES string of the molecule is CC(Nc1ccc(Cl)cc1F)C(=O)N(C)C. The number of benzene rings is 1. The van der Waals surface area contributed by atoms with Gasteiger partial charge in [-0.1, -0.05) is 11.6 Å². The molecule has 3 nitrogen and oxygen atoms in total. The second-order valence-corrected chi connectivity index (χ2v) is 4.16. The van der Waals surface area contributed by atoms with Gasteiger partial charge < -0.3 is 10.2 Å². The summed E-state index contributed by atoms with van der Waals surface area (Å²) in [5.74, 6) is -0.583. The Bertz CT molecular complexity index is 396. The Morgan fingerprint density at radius 3 is 2.62 bits per heavy atom. The number of anilines is 1. The smallest absolute Gasteiger partial charge is 0.244 e. The van der Waals surface area contributed by atoms with Crippen LogP contribution in [0.4, 0.5) is 10.1 Å². The van der Waals surface area contributed by atoms with Crippen LogP contribution in [0.5, 0.6) is 0 Å². The van der Waals surface area contributed by atoms with E-state index in [1.54, 1.807) is 27.1 Å². The number of rotatable bonds is 3. The topological polar surface area (TPSA) is 32.3 Å². The van der Waals surface area contributed by atoms with Crippen molar-refractivity contribution in [3.63, 3.8) is 0 Å². The van der Waals surface area contributed by atoms with Gasteiger partial charge in [0.2, 0.25) is 5.91 Å². The molecule has 5 heteroatoms. The molecule has 0 radical (unpaired) electrons. The molecule has 0 fully saturated rings. The lowest BCUT2D eigenvalue weighted by atomic mass is 10.2. The fourth-order valence-corrected chi connectivity index (χ4v) is 1.45. The van der Waals surface area contributed by atoms with Crippen LogP contribution in [-0.4, -0.2) is 30.9 Å². The van der Waals surface area contributed by atoms with E-state index in [9.17, 15) is 9.18 Å². The highest BCUT2D eigenvalue weighted by Crippen LogP contribution is 2.19. The monoisotopic (exact) mass is 244 g/mol. The lowest BCUT2D eigenvalue weighted by Gasteiger charge is -2.19. The first-order valence-electron chi connectivity index (χ1n) is 4.84. The van der Waals surface area contributed by atoms with Gasteiger partial charge in [0.1, 0.15) is 11.9 Å². The van der Waals surface area contributed by atoms with Crippen molar-refractivity contribution in [1.82, 2.24) is 4.90 Å². The van der Waals surface area contributed by atoms with Crippen LogP contribution in [0.3, 0.4) is 0 Å². The summed E-state index contributed by atoms with van der Waals surface area (Å²) in [5, 5.41) is 3.12. The van der Waals surface area contributed by atoms with Crippen molar-refractivity contribution in [1.29, 1.82) is 0 Å². The number of nitrogens with zero attached hydrogens (tertiary/aromatic N) is 1. The Balaban J connectivity index is 2.77. The lowest BCUT2D eigenvalue weighted by Crippen LogP contribution is -2.36. The zero-order chi connectivity index (χ0) is 12.3. The maximum absolute atomic E-state index is 13.4. The molecule has 16 heavy (non-hydrogen) atoms. The third-order valence-corrected chi connectivity index (χ3v) is 2.35. The standard InChI is InChI=1S/C11H14ClFN2O/c1-7(11(16)15(2)3)14-10-5-4-8(12)6-9(10)13/h4-7,14H,1-3H3. The summed E-state index contributed by atoms with van der Waals surface area (Å²) in [6.45, 7) is 1.68. The first-order chi connectivity index (χ1) is 7.41. The maximum atomic E-state index is 13.4. The molecule has 1 aromatic rings. The molecule has 0 saturated carbocycles. The zero-order valence-corrected chi connectivity index (χ0v) is 10.2. The number of carbonyl (C=O) groups excluding carboxylic acids is 1. The molecule has 0 aliphatic rings. The van der Waals surface area contributed by atoms with E-state index in [4.69, 9.17) is 11.6 Å². The number of amides is 1. The average Bonchev–Trinajstić information content (AvgIpc) is 2.20. The van der Waals surface area contributed by atoms with Crippen LogP contribution >= 0.6 is 11.6 Å². The first-order valence-corrected chi connectivity index (χ1v) is 5.22. The molecule has 0 saturated heterocycles. The van der Waals surface area contributed by atoms with Crippen LogP contribution in [0.1, 0.15) is 6.92 Å². The second-order valence-electron chi connectivity index (χ2n) is 3.72. The van der Waals surface area contributed by atoms with E-state index in [0.29, 0.717) is 5.02 Å². The van der Waals surface area contributed by atoms with E-state index in [1.165, 1.54) is 17.0 Å². The highest BCUT2D eigenvalue weighted by Gasteiger charge is 2.15. The van der Waals surface area contributed by atoms with Gasteiger partial charge in [0.05, 0.1) is 5.69 Å². The van der Waals surface area contributed by atoms with E-state index < -0.39 is 11.9 Å². The van der Waals surface area contributed by atoms with Crippen molar-refractivity contribution in [2.45, 2.75) is 13.0 Å². The van der Waals surface area contributed by atoms with Gasteiger partial charge in [-0.2, -0.15) is 0 Å². The van der Waals surface area contributed by atoms with Crippen LogP contribution in [0.2, 0.25) is 5.02 Å². The number of carbonyl (C=O) groups is 1. The Hall–Kier alpha value is -1.29. The number of hydrogen-bond donors (Lipinski definition) is 1. The summed E-state index contributed by atoms with van der Waals surface area (Å²) in [4.78, 5) is 13.0. The molecule has 0 heterocycles. The Morgan fingerprint density at radius 1 is 1.50 bits per heavy atom. The average molecular weight is 245 g/mol. The van der Waals surface area contributed by atoms with Gasteiger partial charge in [0.15, 0.2) is 0 Å². The van der Waals surface area contributed by atoms with E-state index >= 15 is 0 Å². The van der Waals surface area contributed by atoms with Crippen LogP contribution < -0.4 is 5.32 Å². The molecular weight excluding hydrogens is 231 g/mol. The summed E-state index contributed by atoms with van der Waals surface area (Å²) >= 11 is 5.62. The minimum atomic E-state index is -0.481. The molecule has 1 amide bonds. The molecule has 1 unspecified atom stereocenters. The largest absolute Gasteiger partial charge is 0.372 e. The van der Waals surface area contributed by atoms with Crippen molar-refractivity contribution >= 4 is 23.2 Å². The fourth-order valence-electron chi connectivity index (χ4n) is 1.29. The molecule has 1 atom stereocenters. The van der Waals surface area contributed by atoms with Crippen molar-refractivity contribution in [3.8, 4) is 0 Å². The number of likely N-dealkylation sites (N-methyl/N-ethyl adjacent to an activating group) is 1. The van der Waals surface area contributed by atoms with Crippen LogP contribution in [-0.2, 0) is 4.79 Å². The summed E-state index contributed by atoms with van der Waals surface area (Å²) in [5.41, 5.74) is 0.270. The zero-order valence-electron chi connectivity index (χ0n) is 9.42. The predicted octanol–water partition coefficient (Wildman–Crippen LogP) is 2.37. The van der Waals surface area contributed by atoms with Gasteiger partial charge in [-0.05, 0) is 25.1 Å². The molecule has 1 rings (SSSR count). The van der Waals surface area contributed by atoms with E-state index in [-0.39, 0.29) is 11.6 Å². The second kappa shape index (κ2) is 5.16. The molecule has 0 aliphatic heterocycles. The Labute approximate surface area is 99.2 Å². The highest BCUT2D eigenvalue weighted by atomic mass is 35.5. The molecule has 1 aromatic carbocycles. The van der Waals surface area contributed by atoms with Crippen molar-refractivity contribution in [2.24, 2.45) is 0 Å². The third kappa shape index (κ3) is 3.10. The predicted molar refractivity (Wildman–Crippen MR) is 63.2 cm³/mol. The number of nitrogens with one attached hydrogen (secondary N) is 1. The van der Waals surface area contributed by atoms with Gasteiger partial charge in [-0.3, -0.25) is 4.79 Å². The molecule has 88 valence electrons. The van der Waals surface area contributed by atoms with Crippen LogP contribution in [0.15, 0.2) is 18.2 Å². The normalized spacial score (nSPS) is 12.1. The summed E-state index contributed by atoms with van der Waals surface area (Å²) in [6.07, 6.45) is 0. The lowest BCUT2D eigenvalue weighted by molar-refractivity contribution is -0.129. The van der Waals surface area contributed by atoms with E-state index in [2.05, 4.69) is 5.32 Å². The summed E-state index contributed by atoms with van der Waals surface area (Å²) in [6, 6.07) is 3.80. The number of hydrogen-bond acceptors (Lipinski definition) is 2. The Morgan fingerprint density at radius 2 is 2.12 bits per heavy atom. The third-order valence-electron chi connectivity index (χ3n) is 2.11. The molecular formula is C11H14ClFN2O. The molecule has 0 bridgehead atoms. The first kappa shape index (κ1) is 12.8. The van der Waals surface area contributed by atoms with E-state index in [1.807, 2.05) is 0 Å².